The van der Waals surface area contributed by atoms with Crippen molar-refractivity contribution in [1.29, 1.82) is 0 Å². The maximum Gasteiger partial charge on any atom is 0.258 e. The molecule has 0 aliphatic carbocycles. The minimum absolute atomic E-state index is 0.245. The maximum atomic E-state index is 12.9. The Bertz CT molecular complexity index is 1530. The van der Waals surface area contributed by atoms with E-state index in [9.17, 15) is 4.79 Å². The molecule has 5 rings (SSSR count). The van der Waals surface area contributed by atoms with Crippen molar-refractivity contribution in [2.45, 2.75) is 6.92 Å². The lowest BCUT2D eigenvalue weighted by Gasteiger charge is -2.10. The van der Waals surface area contributed by atoms with Crippen LogP contribution in [-0.2, 0) is 0 Å². The normalized spacial score (nSPS) is 11.2. The number of aromatic nitrogens is 6. The number of hydrogen-bond donors (Lipinski definition) is 1. The van der Waals surface area contributed by atoms with Crippen molar-refractivity contribution < 1.29 is 4.79 Å². The third kappa shape index (κ3) is 4.04. The molecule has 0 radical (unpaired) electrons. The van der Waals surface area contributed by atoms with Crippen molar-refractivity contribution in [1.82, 2.24) is 29.5 Å². The molecule has 0 aliphatic rings. The van der Waals surface area contributed by atoms with E-state index < -0.39 is 5.91 Å². The van der Waals surface area contributed by atoms with Gasteiger partial charge in [-0.05, 0) is 43.3 Å². The molecule has 8 nitrogen and oxygen atoms in total. The Hall–Kier alpha value is -3.46. The zero-order chi connectivity index (χ0) is 23.1. The summed E-state index contributed by atoms with van der Waals surface area (Å²) in [6, 6.07) is 13.7. The molecule has 3 aromatic heterocycles. The van der Waals surface area contributed by atoms with Crippen LogP contribution in [0.1, 0.15) is 16.1 Å². The fourth-order valence-corrected chi connectivity index (χ4v) is 4.08. The fourth-order valence-electron chi connectivity index (χ4n) is 3.40. The van der Waals surface area contributed by atoms with Gasteiger partial charge in [0.15, 0.2) is 11.5 Å². The van der Waals surface area contributed by atoms with E-state index >= 15 is 0 Å². The molecule has 1 amide bonds. The number of nitrogens with zero attached hydrogens (tertiary/aromatic N) is 6. The highest BCUT2D eigenvalue weighted by Gasteiger charge is 2.19. The van der Waals surface area contributed by atoms with E-state index in [4.69, 9.17) is 34.8 Å². The van der Waals surface area contributed by atoms with Crippen LogP contribution in [0.4, 0.5) is 5.82 Å². The van der Waals surface area contributed by atoms with E-state index in [1.807, 2.05) is 19.1 Å². The summed E-state index contributed by atoms with van der Waals surface area (Å²) in [7, 11) is 0. The molecule has 0 unspecified atom stereocenters. The smallest absolute Gasteiger partial charge is 0.258 e. The summed E-state index contributed by atoms with van der Waals surface area (Å²) >= 11 is 18.3. The number of fused-ring (bicyclic) bond motifs is 1. The van der Waals surface area contributed by atoms with Crippen molar-refractivity contribution in [2.75, 3.05) is 5.32 Å². The lowest BCUT2D eigenvalue weighted by Crippen LogP contribution is -2.16. The third-order valence-electron chi connectivity index (χ3n) is 4.85. The van der Waals surface area contributed by atoms with Crippen LogP contribution in [-0.4, -0.2) is 35.4 Å². The van der Waals surface area contributed by atoms with Crippen LogP contribution in [0, 0.1) is 6.92 Å². The minimum atomic E-state index is -0.405. The second kappa shape index (κ2) is 8.47. The van der Waals surface area contributed by atoms with Crippen molar-refractivity contribution in [3.05, 3.63) is 87.4 Å². The van der Waals surface area contributed by atoms with Crippen LogP contribution in [0.5, 0.6) is 0 Å². The minimum Gasteiger partial charge on any atom is -0.306 e. The molecule has 3 heterocycles. The first kappa shape index (κ1) is 21.4. The van der Waals surface area contributed by atoms with Gasteiger partial charge in [0, 0.05) is 16.1 Å². The second-order valence-electron chi connectivity index (χ2n) is 7.13. The van der Waals surface area contributed by atoms with Gasteiger partial charge in [-0.2, -0.15) is 14.9 Å². The lowest BCUT2D eigenvalue weighted by atomic mass is 10.2. The Kier molecular flexibility index (Phi) is 5.49. The van der Waals surface area contributed by atoms with E-state index in [2.05, 4.69) is 25.5 Å². The van der Waals surface area contributed by atoms with Gasteiger partial charge in [-0.15, -0.1) is 0 Å². The van der Waals surface area contributed by atoms with Gasteiger partial charge in [-0.25, -0.2) is 14.6 Å². The number of rotatable bonds is 4. The Morgan fingerprint density at radius 3 is 2.58 bits per heavy atom. The lowest BCUT2D eigenvalue weighted by molar-refractivity contribution is 0.102. The van der Waals surface area contributed by atoms with Gasteiger partial charge in [0.1, 0.15) is 12.1 Å². The quantitative estimate of drug-likeness (QED) is 0.352. The van der Waals surface area contributed by atoms with Crippen molar-refractivity contribution in [2.24, 2.45) is 0 Å². The molecule has 11 heteroatoms. The summed E-state index contributed by atoms with van der Waals surface area (Å²) in [6.07, 6.45) is 3.06. The zero-order valence-electron chi connectivity index (χ0n) is 17.0. The number of aryl methyl sites for hydroxylation is 1. The summed E-state index contributed by atoms with van der Waals surface area (Å²) < 4.78 is 3.19. The molecule has 1 N–H and O–H groups in total. The van der Waals surface area contributed by atoms with E-state index in [1.165, 1.54) is 17.1 Å². The number of nitrogens with one attached hydrogen (secondary N) is 1. The third-order valence-corrected chi connectivity index (χ3v) is 5.63. The first-order chi connectivity index (χ1) is 15.9. The number of carbonyl (C=O) groups is 1. The van der Waals surface area contributed by atoms with Gasteiger partial charge in [0.25, 0.3) is 5.91 Å². The van der Waals surface area contributed by atoms with Crippen LogP contribution >= 0.6 is 34.8 Å². The molecule has 0 spiro atoms. The molecule has 0 saturated carbocycles. The van der Waals surface area contributed by atoms with Crippen LogP contribution in [0.25, 0.3) is 22.5 Å². The summed E-state index contributed by atoms with van der Waals surface area (Å²) in [4.78, 5) is 21.7. The van der Waals surface area contributed by atoms with Gasteiger partial charge in [0.2, 0.25) is 0 Å². The van der Waals surface area contributed by atoms with Crippen LogP contribution in [0.3, 0.4) is 0 Å². The molecule has 0 bridgehead atoms. The first-order valence-corrected chi connectivity index (χ1v) is 10.8. The van der Waals surface area contributed by atoms with Crippen molar-refractivity contribution >= 4 is 57.6 Å². The van der Waals surface area contributed by atoms with E-state index in [-0.39, 0.29) is 10.6 Å². The maximum absolute atomic E-state index is 12.9. The first-order valence-electron chi connectivity index (χ1n) is 9.69. The number of halogens is 3. The number of benzene rings is 2. The molecule has 0 fully saturated rings. The number of anilines is 1. The molecule has 164 valence electrons. The fraction of sp³-hybridized carbons (Fsp3) is 0.0455. The topological polar surface area (TPSA) is 90.5 Å². The number of hydrogen-bond acceptors (Lipinski definition) is 5. The van der Waals surface area contributed by atoms with Crippen molar-refractivity contribution in [3.63, 3.8) is 0 Å². The Morgan fingerprint density at radius 2 is 1.79 bits per heavy atom. The van der Waals surface area contributed by atoms with Crippen LogP contribution in [0.2, 0.25) is 15.1 Å². The number of carbonyl (C=O) groups excluding carboxylic acids is 1. The van der Waals surface area contributed by atoms with E-state index in [0.29, 0.717) is 38.4 Å². The van der Waals surface area contributed by atoms with Crippen molar-refractivity contribution in [3.8, 4) is 11.5 Å². The van der Waals surface area contributed by atoms with Gasteiger partial charge >= 0.3 is 0 Å². The summed E-state index contributed by atoms with van der Waals surface area (Å²) in [6.45, 7) is 1.81. The average molecular weight is 499 g/mol. The Labute approximate surface area is 202 Å². The molecular formula is C22H14Cl3N7O. The molecular weight excluding hydrogens is 485 g/mol. The zero-order valence-corrected chi connectivity index (χ0v) is 19.3. The molecule has 0 atom stereocenters. The van der Waals surface area contributed by atoms with E-state index in [1.54, 1.807) is 41.2 Å². The van der Waals surface area contributed by atoms with Gasteiger partial charge in [-0.1, -0.05) is 40.9 Å². The van der Waals surface area contributed by atoms with Crippen LogP contribution < -0.4 is 5.32 Å². The van der Waals surface area contributed by atoms with E-state index in [0.717, 1.165) is 5.69 Å². The summed E-state index contributed by atoms with van der Waals surface area (Å²) in [5.74, 6) is 0.468. The molecule has 0 saturated heterocycles. The predicted molar refractivity (Wildman–Crippen MR) is 128 cm³/mol. The Balaban J connectivity index is 1.57. The summed E-state index contributed by atoms with van der Waals surface area (Å²) in [5.41, 5.74) is 2.28. The standard InChI is InChI=1S/C22H14Cl3N7O/c1-12-7-19(29-22(33)16-6-5-14(24)9-18(16)25)32(30-12)21-17-10-28-31(20(17)26-11-27-21)15-4-2-3-13(23)8-15/h2-11H,1H3,(H,29,33). The predicted octanol–water partition coefficient (Wildman–Crippen LogP) is 5.52. The monoisotopic (exact) mass is 497 g/mol. The average Bonchev–Trinajstić information content (AvgIpc) is 3.37. The molecule has 2 aromatic carbocycles. The van der Waals surface area contributed by atoms with Gasteiger partial charge in [-0.3, -0.25) is 4.79 Å². The van der Waals surface area contributed by atoms with Gasteiger partial charge in [0.05, 0.1) is 33.6 Å². The number of amides is 1. The van der Waals surface area contributed by atoms with Gasteiger partial charge < -0.3 is 5.32 Å². The van der Waals surface area contributed by atoms with Crippen LogP contribution in [0.15, 0.2) is 61.1 Å². The molecule has 5 aromatic rings. The highest BCUT2D eigenvalue weighted by atomic mass is 35.5. The highest BCUT2D eigenvalue weighted by molar-refractivity contribution is 6.37. The molecule has 0 aliphatic heterocycles. The largest absolute Gasteiger partial charge is 0.306 e. The summed E-state index contributed by atoms with van der Waals surface area (Å²) in [5, 5.41) is 13.7. The molecule has 33 heavy (non-hydrogen) atoms. The Morgan fingerprint density at radius 1 is 0.970 bits per heavy atom. The SMILES string of the molecule is Cc1cc(NC(=O)c2ccc(Cl)cc2Cl)n(-c2ncnc3c2cnn3-c2cccc(Cl)c2)n1. The highest BCUT2D eigenvalue weighted by Crippen LogP contribution is 2.26. The second-order valence-corrected chi connectivity index (χ2v) is 8.41.